The molecule has 0 aliphatic rings. The van der Waals surface area contributed by atoms with E-state index in [0.29, 0.717) is 45.2 Å². The number of hydrogen-bond donors (Lipinski definition) is 12. The molecule has 16 nitrogen and oxygen atoms in total. The van der Waals surface area contributed by atoms with Gasteiger partial charge in [-0.25, -0.2) is 4.79 Å². The lowest BCUT2D eigenvalue weighted by Gasteiger charge is -2.26. The number of hydrogen-bond acceptors (Lipinski definition) is 8. The van der Waals surface area contributed by atoms with Gasteiger partial charge >= 0.3 is 5.97 Å². The summed E-state index contributed by atoms with van der Waals surface area (Å²) < 4.78 is 0. The fourth-order valence-electron chi connectivity index (χ4n) is 3.72. The summed E-state index contributed by atoms with van der Waals surface area (Å²) in [5, 5.41) is 37.1. The van der Waals surface area contributed by atoms with Gasteiger partial charge in [-0.05, 0) is 57.4 Å². The van der Waals surface area contributed by atoms with Crippen molar-refractivity contribution in [3.63, 3.8) is 0 Å². The van der Waals surface area contributed by atoms with Crippen LogP contribution in [0.4, 0.5) is 0 Å². The third kappa shape index (κ3) is 15.7. The zero-order valence-electron chi connectivity index (χ0n) is 23.6. The Hall–Kier alpha value is -3.66. The smallest absolute Gasteiger partial charge is 0.326 e. The van der Waals surface area contributed by atoms with Crippen LogP contribution in [0, 0.1) is 16.7 Å². The molecule has 0 radical (unpaired) electrons. The second-order valence-electron chi connectivity index (χ2n) is 9.69. The van der Waals surface area contributed by atoms with Crippen molar-refractivity contribution in [2.75, 3.05) is 19.6 Å². The van der Waals surface area contributed by atoms with Gasteiger partial charge in [-0.1, -0.05) is 20.3 Å². The Morgan fingerprint density at radius 1 is 0.775 bits per heavy atom. The first kappa shape index (κ1) is 36.3. The molecule has 230 valence electrons. The second kappa shape index (κ2) is 20.3. The van der Waals surface area contributed by atoms with Crippen molar-refractivity contribution in [2.24, 2.45) is 28.9 Å². The van der Waals surface area contributed by atoms with E-state index in [4.69, 9.17) is 33.8 Å². The minimum absolute atomic E-state index is 0.151. The number of rotatable bonds is 21. The summed E-state index contributed by atoms with van der Waals surface area (Å²) in [5.41, 5.74) is 22.1. The number of guanidine groups is 2. The van der Waals surface area contributed by atoms with Crippen LogP contribution in [0.2, 0.25) is 0 Å². The minimum atomic E-state index is -1.18. The molecule has 0 fully saturated rings. The third-order valence-electron chi connectivity index (χ3n) is 6.32. The van der Waals surface area contributed by atoms with Gasteiger partial charge in [-0.15, -0.1) is 0 Å². The molecule has 16 N–H and O–H groups in total. The summed E-state index contributed by atoms with van der Waals surface area (Å²) in [6, 6.07) is -4.17. The average Bonchev–Trinajstić information content (AvgIpc) is 2.89. The van der Waals surface area contributed by atoms with Gasteiger partial charge < -0.3 is 54.6 Å². The summed E-state index contributed by atoms with van der Waals surface area (Å²) in [6.45, 7) is 4.53. The lowest BCUT2D eigenvalue weighted by molar-refractivity contribution is -0.144. The number of carboxylic acid groups (broad SMARTS) is 1. The molecule has 0 saturated heterocycles. The molecule has 16 heteroatoms. The van der Waals surface area contributed by atoms with E-state index in [9.17, 15) is 24.3 Å². The zero-order valence-corrected chi connectivity index (χ0v) is 23.6. The van der Waals surface area contributed by atoms with Crippen LogP contribution in [0.1, 0.15) is 65.2 Å². The standard InChI is InChI=1S/C24H49N11O5/c1-3-14(2)18(22(39)40)35-21(38)16(9-4-5-11-25)34-20(37)17(10-7-13-32-24(29)30)33-19(36)15(26)8-6-12-31-23(27)28/h14-18H,3-13,25-26H2,1-2H3,(H,33,36)(H,34,37)(H,35,38)(H,39,40)(H4,27,28,31)(H4,29,30,32)/t14-,15-,16-,17-,18-/m0/s1. The van der Waals surface area contributed by atoms with Gasteiger partial charge in [0.15, 0.2) is 11.9 Å². The summed E-state index contributed by atoms with van der Waals surface area (Å²) in [5.74, 6) is -3.80. The van der Waals surface area contributed by atoms with E-state index in [-0.39, 0.29) is 43.6 Å². The first-order valence-corrected chi connectivity index (χ1v) is 13.6. The van der Waals surface area contributed by atoms with Crippen LogP contribution >= 0.6 is 0 Å². The summed E-state index contributed by atoms with van der Waals surface area (Å²) >= 11 is 0. The largest absolute Gasteiger partial charge is 0.480 e. The molecular weight excluding hydrogens is 522 g/mol. The molecular formula is C24H49N11O5. The molecule has 40 heavy (non-hydrogen) atoms. The highest BCUT2D eigenvalue weighted by Gasteiger charge is 2.31. The Balaban J connectivity index is 5.58. The number of unbranched alkanes of at least 4 members (excludes halogenated alkanes) is 1. The van der Waals surface area contributed by atoms with E-state index < -0.39 is 47.9 Å². The van der Waals surface area contributed by atoms with E-state index in [0.717, 1.165) is 0 Å². The molecule has 0 aromatic rings. The second-order valence-corrected chi connectivity index (χ2v) is 9.69. The van der Waals surface area contributed by atoms with Crippen LogP contribution in [0.3, 0.4) is 0 Å². The van der Waals surface area contributed by atoms with Crippen molar-refractivity contribution in [3.8, 4) is 0 Å². The molecule has 0 aromatic carbocycles. The van der Waals surface area contributed by atoms with Gasteiger partial charge in [0.1, 0.15) is 18.1 Å². The number of nitrogens with two attached hydrogens (primary N) is 4. The van der Waals surface area contributed by atoms with Crippen molar-refractivity contribution >= 4 is 35.6 Å². The lowest BCUT2D eigenvalue weighted by Crippen LogP contribution is -2.57. The number of amides is 3. The highest BCUT2D eigenvalue weighted by Crippen LogP contribution is 2.10. The Morgan fingerprint density at radius 3 is 1.73 bits per heavy atom. The maximum atomic E-state index is 13.3. The van der Waals surface area contributed by atoms with E-state index in [2.05, 4.69) is 26.6 Å². The minimum Gasteiger partial charge on any atom is -0.480 e. The van der Waals surface area contributed by atoms with Crippen LogP contribution in [-0.2, 0) is 19.2 Å². The molecule has 0 aromatic heterocycles. The molecule has 5 atom stereocenters. The van der Waals surface area contributed by atoms with Gasteiger partial charge in [0, 0.05) is 13.1 Å². The van der Waals surface area contributed by atoms with E-state index in [1.54, 1.807) is 6.92 Å². The topological polar surface area (TPSA) is 300 Å². The Labute approximate surface area is 235 Å². The Bertz CT molecular complexity index is 842. The van der Waals surface area contributed by atoms with Crippen LogP contribution in [-0.4, -0.2) is 84.5 Å². The first-order chi connectivity index (χ1) is 18.8. The molecule has 0 spiro atoms. The average molecular weight is 572 g/mol. The molecule has 0 aliphatic carbocycles. The van der Waals surface area contributed by atoms with Crippen molar-refractivity contribution < 1.29 is 24.3 Å². The maximum Gasteiger partial charge on any atom is 0.326 e. The van der Waals surface area contributed by atoms with Gasteiger partial charge in [0.05, 0.1) is 6.04 Å². The van der Waals surface area contributed by atoms with Crippen LogP contribution < -0.4 is 49.5 Å². The third-order valence-corrected chi connectivity index (χ3v) is 6.32. The fourth-order valence-corrected chi connectivity index (χ4v) is 3.72. The van der Waals surface area contributed by atoms with Gasteiger partial charge in [0.2, 0.25) is 17.7 Å². The van der Waals surface area contributed by atoms with Crippen LogP contribution in [0.25, 0.3) is 0 Å². The summed E-state index contributed by atoms with van der Waals surface area (Å²) in [4.78, 5) is 50.9. The molecule has 0 rings (SSSR count). The summed E-state index contributed by atoms with van der Waals surface area (Å²) in [7, 11) is 0. The van der Waals surface area contributed by atoms with Crippen molar-refractivity contribution in [2.45, 2.75) is 89.4 Å². The predicted molar refractivity (Wildman–Crippen MR) is 152 cm³/mol. The van der Waals surface area contributed by atoms with Crippen molar-refractivity contribution in [1.29, 1.82) is 10.8 Å². The van der Waals surface area contributed by atoms with Crippen LogP contribution in [0.15, 0.2) is 0 Å². The monoisotopic (exact) mass is 571 g/mol. The number of aliphatic carboxylic acids is 1. The van der Waals surface area contributed by atoms with Crippen LogP contribution in [0.5, 0.6) is 0 Å². The highest BCUT2D eigenvalue weighted by molar-refractivity contribution is 5.94. The van der Waals surface area contributed by atoms with Gasteiger partial charge in [0.25, 0.3) is 0 Å². The SMILES string of the molecule is CC[C@H](C)[C@H](NC(=O)[C@H](CCCCN)NC(=O)[C@H](CCCNC(=N)N)NC(=O)[C@@H](N)CCCNC(=N)N)C(=O)O. The van der Waals surface area contributed by atoms with Crippen molar-refractivity contribution in [3.05, 3.63) is 0 Å². The quantitative estimate of drug-likeness (QED) is 0.0390. The molecule has 0 unspecified atom stereocenters. The number of carbonyl (C=O) groups is 4. The Kier molecular flexibility index (Phi) is 18.4. The molecule has 0 aliphatic heterocycles. The number of carboxylic acids is 1. The van der Waals surface area contributed by atoms with E-state index in [1.807, 2.05) is 6.92 Å². The molecule has 0 saturated carbocycles. The maximum absolute atomic E-state index is 13.3. The van der Waals surface area contributed by atoms with Crippen molar-refractivity contribution in [1.82, 2.24) is 26.6 Å². The molecule has 0 bridgehead atoms. The zero-order chi connectivity index (χ0) is 30.7. The molecule has 0 heterocycles. The predicted octanol–water partition coefficient (Wildman–Crippen LogP) is -2.45. The Morgan fingerprint density at radius 2 is 1.25 bits per heavy atom. The number of carbonyl (C=O) groups excluding carboxylic acids is 3. The van der Waals surface area contributed by atoms with E-state index >= 15 is 0 Å². The highest BCUT2D eigenvalue weighted by atomic mass is 16.4. The first-order valence-electron chi connectivity index (χ1n) is 13.6. The fraction of sp³-hybridized carbons (Fsp3) is 0.750. The molecule has 3 amide bonds. The number of nitrogens with one attached hydrogen (secondary N) is 7. The van der Waals surface area contributed by atoms with Gasteiger partial charge in [-0.2, -0.15) is 0 Å². The van der Waals surface area contributed by atoms with Gasteiger partial charge in [-0.3, -0.25) is 25.2 Å². The van der Waals surface area contributed by atoms with E-state index in [1.165, 1.54) is 0 Å². The lowest BCUT2D eigenvalue weighted by atomic mass is 9.98. The normalized spacial score (nSPS) is 14.5. The summed E-state index contributed by atoms with van der Waals surface area (Å²) in [6.07, 6.45) is 3.08.